The van der Waals surface area contributed by atoms with Crippen LogP contribution in [0.15, 0.2) is 16.6 Å². The minimum atomic E-state index is -0.734. The highest BCUT2D eigenvalue weighted by Crippen LogP contribution is 2.33. The quantitative estimate of drug-likeness (QED) is 0.771. The van der Waals surface area contributed by atoms with E-state index in [4.69, 9.17) is 9.47 Å². The van der Waals surface area contributed by atoms with Gasteiger partial charge in [-0.15, -0.1) is 0 Å². The first kappa shape index (κ1) is 17.5. The zero-order chi connectivity index (χ0) is 15.1. The molecule has 0 fully saturated rings. The summed E-state index contributed by atoms with van der Waals surface area (Å²) in [6.07, 6.45) is 2.63. The summed E-state index contributed by atoms with van der Waals surface area (Å²) in [5.41, 5.74) is 1.10. The second-order valence-electron chi connectivity index (χ2n) is 4.65. The maximum atomic E-state index is 11.1. The van der Waals surface area contributed by atoms with Crippen LogP contribution in [-0.2, 0) is 17.3 Å². The predicted molar refractivity (Wildman–Crippen MR) is 87.1 cm³/mol. The number of halogens is 1. The number of rotatable bonds is 8. The molecule has 4 nitrogen and oxygen atoms in total. The van der Waals surface area contributed by atoms with Gasteiger partial charge in [0.1, 0.15) is 0 Å². The van der Waals surface area contributed by atoms with Gasteiger partial charge in [-0.2, -0.15) is 0 Å². The van der Waals surface area contributed by atoms with Gasteiger partial charge in [0.25, 0.3) is 0 Å². The van der Waals surface area contributed by atoms with E-state index in [9.17, 15) is 4.21 Å². The smallest absolute Gasteiger partial charge is 0.161 e. The van der Waals surface area contributed by atoms with Gasteiger partial charge in [0, 0.05) is 39.9 Å². The molecule has 0 saturated heterocycles. The number of methoxy groups -OCH3 is 2. The van der Waals surface area contributed by atoms with E-state index in [1.54, 1.807) is 20.5 Å². The Balaban J connectivity index is 2.65. The predicted octanol–water partition coefficient (Wildman–Crippen LogP) is 2.71. The fraction of sp³-hybridized carbons (Fsp3) is 0.571. The van der Waals surface area contributed by atoms with Crippen molar-refractivity contribution in [2.24, 2.45) is 0 Å². The van der Waals surface area contributed by atoms with Crippen molar-refractivity contribution in [3.05, 3.63) is 22.2 Å². The van der Waals surface area contributed by atoms with E-state index in [0.717, 1.165) is 34.5 Å². The molecule has 1 aromatic carbocycles. The Morgan fingerprint density at radius 3 is 2.45 bits per heavy atom. The molecule has 0 radical (unpaired) electrons. The topological polar surface area (TPSA) is 47.6 Å². The molecule has 20 heavy (non-hydrogen) atoms. The van der Waals surface area contributed by atoms with Gasteiger partial charge in [-0.3, -0.25) is 4.21 Å². The molecule has 0 heterocycles. The Morgan fingerprint density at radius 1 is 1.30 bits per heavy atom. The Morgan fingerprint density at radius 2 is 1.90 bits per heavy atom. The van der Waals surface area contributed by atoms with Gasteiger partial charge in [-0.25, -0.2) is 0 Å². The van der Waals surface area contributed by atoms with Crippen molar-refractivity contribution >= 4 is 26.7 Å². The molecule has 0 bridgehead atoms. The van der Waals surface area contributed by atoms with Crippen LogP contribution in [0.2, 0.25) is 0 Å². The molecule has 0 spiro atoms. The lowest BCUT2D eigenvalue weighted by Gasteiger charge is -2.16. The summed E-state index contributed by atoms with van der Waals surface area (Å²) in [6, 6.07) is 4.18. The molecular weight excluding hydrogens is 342 g/mol. The molecule has 2 atom stereocenters. The van der Waals surface area contributed by atoms with Crippen molar-refractivity contribution in [3.8, 4) is 11.5 Å². The third kappa shape index (κ3) is 5.42. The van der Waals surface area contributed by atoms with Crippen molar-refractivity contribution in [1.82, 2.24) is 5.32 Å². The van der Waals surface area contributed by atoms with E-state index in [0.29, 0.717) is 11.8 Å². The fourth-order valence-corrected chi connectivity index (χ4v) is 2.91. The fourth-order valence-electron chi connectivity index (χ4n) is 1.76. The molecule has 6 heteroatoms. The van der Waals surface area contributed by atoms with Gasteiger partial charge in [0.2, 0.25) is 0 Å². The lowest BCUT2D eigenvalue weighted by molar-refractivity contribution is 0.354. The number of nitrogens with one attached hydrogen (secondary N) is 1. The number of ether oxygens (including phenoxy) is 2. The SMILES string of the molecule is COc1cc(Br)c(CNC(C)CCS(C)=O)cc1OC. The molecule has 2 unspecified atom stereocenters. The van der Waals surface area contributed by atoms with E-state index >= 15 is 0 Å². The van der Waals surface area contributed by atoms with Crippen LogP contribution in [0.3, 0.4) is 0 Å². The first-order valence-corrected chi connectivity index (χ1v) is 8.93. The summed E-state index contributed by atoms with van der Waals surface area (Å²) in [5, 5.41) is 3.42. The molecular formula is C14H22BrNO3S. The van der Waals surface area contributed by atoms with Gasteiger partial charge in [-0.05, 0) is 31.0 Å². The standard InChI is InChI=1S/C14H22BrNO3S/c1-10(5-6-20(4)17)16-9-11-7-13(18-2)14(19-3)8-12(11)15/h7-8,10,16H,5-6,9H2,1-4H3. The van der Waals surface area contributed by atoms with Crippen LogP contribution in [-0.4, -0.2) is 36.5 Å². The second kappa shape index (κ2) is 8.64. The molecule has 1 aromatic rings. The van der Waals surface area contributed by atoms with Crippen molar-refractivity contribution < 1.29 is 13.7 Å². The van der Waals surface area contributed by atoms with Crippen molar-refractivity contribution in [3.63, 3.8) is 0 Å². The van der Waals surface area contributed by atoms with Gasteiger partial charge in [0.05, 0.1) is 14.2 Å². The number of benzene rings is 1. The van der Waals surface area contributed by atoms with Crippen LogP contribution in [0.25, 0.3) is 0 Å². The average molecular weight is 364 g/mol. The summed E-state index contributed by atoms with van der Waals surface area (Å²) in [6.45, 7) is 2.82. The van der Waals surface area contributed by atoms with Crippen LogP contribution in [0.4, 0.5) is 0 Å². The van der Waals surface area contributed by atoms with Crippen LogP contribution < -0.4 is 14.8 Å². The zero-order valence-electron chi connectivity index (χ0n) is 12.4. The Hall–Kier alpha value is -0.590. The van der Waals surface area contributed by atoms with Crippen LogP contribution >= 0.6 is 15.9 Å². The highest BCUT2D eigenvalue weighted by atomic mass is 79.9. The van der Waals surface area contributed by atoms with Crippen molar-refractivity contribution in [2.75, 3.05) is 26.2 Å². The first-order valence-electron chi connectivity index (χ1n) is 6.41. The third-order valence-electron chi connectivity index (χ3n) is 3.03. The van der Waals surface area contributed by atoms with Gasteiger partial charge < -0.3 is 14.8 Å². The highest BCUT2D eigenvalue weighted by molar-refractivity contribution is 9.10. The largest absolute Gasteiger partial charge is 0.493 e. The summed E-state index contributed by atoms with van der Waals surface area (Å²) in [7, 11) is 2.51. The summed E-state index contributed by atoms with van der Waals surface area (Å²) >= 11 is 3.54. The third-order valence-corrected chi connectivity index (χ3v) is 4.58. The molecule has 0 aliphatic carbocycles. The molecule has 0 saturated carbocycles. The van der Waals surface area contributed by atoms with E-state index in [2.05, 4.69) is 28.2 Å². The van der Waals surface area contributed by atoms with Crippen molar-refractivity contribution in [1.29, 1.82) is 0 Å². The molecule has 0 aromatic heterocycles. The van der Waals surface area contributed by atoms with Gasteiger partial charge >= 0.3 is 0 Å². The van der Waals surface area contributed by atoms with Crippen LogP contribution in [0.1, 0.15) is 18.9 Å². The monoisotopic (exact) mass is 363 g/mol. The maximum Gasteiger partial charge on any atom is 0.161 e. The lowest BCUT2D eigenvalue weighted by Crippen LogP contribution is -2.27. The molecule has 114 valence electrons. The van der Waals surface area contributed by atoms with Gasteiger partial charge in [0.15, 0.2) is 11.5 Å². The summed E-state index contributed by atoms with van der Waals surface area (Å²) in [5.74, 6) is 2.15. The molecule has 1 N–H and O–H groups in total. The lowest BCUT2D eigenvalue weighted by atomic mass is 10.1. The number of hydrogen-bond donors (Lipinski definition) is 1. The Kier molecular flexibility index (Phi) is 7.55. The van der Waals surface area contributed by atoms with E-state index in [-0.39, 0.29) is 0 Å². The van der Waals surface area contributed by atoms with E-state index in [1.807, 2.05) is 12.1 Å². The Bertz CT molecular complexity index is 468. The van der Waals surface area contributed by atoms with Gasteiger partial charge in [-0.1, -0.05) is 15.9 Å². The normalized spacial score (nSPS) is 13.8. The number of hydrogen-bond acceptors (Lipinski definition) is 4. The summed E-state index contributed by atoms with van der Waals surface area (Å²) < 4.78 is 22.6. The average Bonchev–Trinajstić information content (AvgIpc) is 2.43. The summed E-state index contributed by atoms with van der Waals surface area (Å²) in [4.78, 5) is 0. The first-order chi connectivity index (χ1) is 9.47. The molecule has 0 aliphatic rings. The van der Waals surface area contributed by atoms with Crippen LogP contribution in [0.5, 0.6) is 11.5 Å². The molecule has 1 rings (SSSR count). The van der Waals surface area contributed by atoms with Crippen molar-refractivity contribution in [2.45, 2.75) is 25.9 Å². The van der Waals surface area contributed by atoms with E-state index in [1.165, 1.54) is 0 Å². The minimum absolute atomic E-state index is 0.318. The minimum Gasteiger partial charge on any atom is -0.493 e. The molecule has 0 amide bonds. The maximum absolute atomic E-state index is 11.1. The Labute approximate surface area is 131 Å². The van der Waals surface area contributed by atoms with Crippen LogP contribution in [0, 0.1) is 0 Å². The second-order valence-corrected chi connectivity index (χ2v) is 7.06. The highest BCUT2D eigenvalue weighted by Gasteiger charge is 2.10. The zero-order valence-corrected chi connectivity index (χ0v) is 14.8. The van der Waals surface area contributed by atoms with E-state index < -0.39 is 10.8 Å². The molecule has 0 aliphatic heterocycles.